The van der Waals surface area contributed by atoms with Gasteiger partial charge in [0.2, 0.25) is 5.91 Å². The van der Waals surface area contributed by atoms with E-state index < -0.39 is 51.7 Å². The molecule has 11 heteroatoms. The number of nitrogens with one attached hydrogen (secondary N) is 1. The van der Waals surface area contributed by atoms with Crippen molar-refractivity contribution in [3.8, 4) is 0 Å². The van der Waals surface area contributed by atoms with E-state index >= 15 is 0 Å². The van der Waals surface area contributed by atoms with Crippen LogP contribution in [-0.4, -0.2) is 16.0 Å². The zero-order valence-corrected chi connectivity index (χ0v) is 20.5. The van der Waals surface area contributed by atoms with Gasteiger partial charge in [-0.3, -0.25) is 9.59 Å². The molecule has 0 radical (unpaired) electrons. The van der Waals surface area contributed by atoms with Crippen molar-refractivity contribution in [1.82, 2.24) is 0 Å². The van der Waals surface area contributed by atoms with E-state index in [4.69, 9.17) is 52.1 Å². The molecule has 1 fully saturated rings. The minimum Gasteiger partial charge on any atom is -0.396 e. The number of halogens is 7. The highest BCUT2D eigenvalue weighted by atomic mass is 35.5. The molecular formula is C24H15Cl4F3N2O2. The Morgan fingerprint density at radius 3 is 2.31 bits per heavy atom. The number of hydrogen-bond acceptors (Lipinski definition) is 3. The van der Waals surface area contributed by atoms with E-state index in [1.807, 2.05) is 0 Å². The molecule has 0 heterocycles. The number of amides is 1. The van der Waals surface area contributed by atoms with E-state index in [1.165, 1.54) is 30.3 Å². The molecule has 3 N–H and O–H groups in total. The maximum Gasteiger partial charge on any atom is 0.231 e. The molecule has 1 saturated carbocycles. The minimum absolute atomic E-state index is 0.0122. The highest BCUT2D eigenvalue weighted by molar-refractivity contribution is 6.53. The van der Waals surface area contributed by atoms with Gasteiger partial charge in [0.15, 0.2) is 5.78 Å². The molecule has 0 aromatic heterocycles. The van der Waals surface area contributed by atoms with E-state index in [0.717, 1.165) is 18.2 Å². The second-order valence-electron chi connectivity index (χ2n) is 8.05. The van der Waals surface area contributed by atoms with Crippen LogP contribution in [0.1, 0.15) is 27.4 Å². The molecule has 182 valence electrons. The van der Waals surface area contributed by atoms with Gasteiger partial charge in [-0.15, -0.1) is 23.2 Å². The molecule has 0 bridgehead atoms. The molecule has 3 aromatic carbocycles. The number of carbonyl (C=O) groups is 2. The predicted molar refractivity (Wildman–Crippen MR) is 131 cm³/mol. The van der Waals surface area contributed by atoms with Crippen LogP contribution < -0.4 is 11.1 Å². The lowest BCUT2D eigenvalue weighted by molar-refractivity contribution is -0.117. The van der Waals surface area contributed by atoms with Crippen LogP contribution in [0.2, 0.25) is 10.0 Å². The third kappa shape index (κ3) is 5.09. The molecule has 0 aliphatic heterocycles. The van der Waals surface area contributed by atoms with E-state index in [-0.39, 0.29) is 32.5 Å². The average molecular weight is 562 g/mol. The molecule has 35 heavy (non-hydrogen) atoms. The van der Waals surface area contributed by atoms with Crippen molar-refractivity contribution in [2.24, 2.45) is 5.92 Å². The van der Waals surface area contributed by atoms with Gasteiger partial charge in [-0.25, -0.2) is 13.2 Å². The summed E-state index contributed by atoms with van der Waals surface area (Å²) in [6, 6.07) is 9.73. The maximum absolute atomic E-state index is 14.1. The number of nitrogens with two attached hydrogens (primary N) is 1. The molecule has 0 saturated heterocycles. The minimum atomic E-state index is -1.45. The summed E-state index contributed by atoms with van der Waals surface area (Å²) in [5.41, 5.74) is 5.44. The van der Waals surface area contributed by atoms with Crippen molar-refractivity contribution >= 4 is 69.5 Å². The largest absolute Gasteiger partial charge is 0.396 e. The Hall–Kier alpha value is -2.45. The average Bonchev–Trinajstić information content (AvgIpc) is 3.37. The first-order chi connectivity index (χ1) is 16.4. The smallest absolute Gasteiger partial charge is 0.231 e. The Balaban J connectivity index is 1.52. The number of alkyl halides is 2. The van der Waals surface area contributed by atoms with Crippen LogP contribution in [0.3, 0.4) is 0 Å². The number of anilines is 2. The van der Waals surface area contributed by atoms with Crippen LogP contribution in [0, 0.1) is 23.4 Å². The molecule has 1 aliphatic rings. The lowest BCUT2D eigenvalue weighted by atomic mass is 10.0. The summed E-state index contributed by atoms with van der Waals surface area (Å²) in [6.45, 7) is 0. The molecule has 1 amide bonds. The summed E-state index contributed by atoms with van der Waals surface area (Å²) in [7, 11) is 0. The van der Waals surface area contributed by atoms with Crippen LogP contribution >= 0.6 is 46.4 Å². The van der Waals surface area contributed by atoms with Gasteiger partial charge in [0.1, 0.15) is 21.8 Å². The van der Waals surface area contributed by atoms with Gasteiger partial charge in [0.05, 0.1) is 21.7 Å². The first kappa shape index (κ1) is 25.6. The van der Waals surface area contributed by atoms with Crippen molar-refractivity contribution in [1.29, 1.82) is 0 Å². The molecule has 2 atom stereocenters. The molecule has 0 spiro atoms. The summed E-state index contributed by atoms with van der Waals surface area (Å²) >= 11 is 24.6. The number of benzene rings is 3. The second kappa shape index (κ2) is 9.54. The van der Waals surface area contributed by atoms with Crippen molar-refractivity contribution in [3.05, 3.63) is 92.7 Å². The number of ketones is 1. The van der Waals surface area contributed by atoms with E-state index in [1.54, 1.807) is 0 Å². The van der Waals surface area contributed by atoms with E-state index in [9.17, 15) is 22.8 Å². The van der Waals surface area contributed by atoms with Crippen LogP contribution in [-0.2, 0) is 11.2 Å². The molecular weight excluding hydrogens is 547 g/mol. The zero-order chi connectivity index (χ0) is 25.7. The van der Waals surface area contributed by atoms with Gasteiger partial charge in [-0.2, -0.15) is 0 Å². The van der Waals surface area contributed by atoms with Crippen LogP contribution in [0.4, 0.5) is 24.5 Å². The third-order valence-corrected chi connectivity index (χ3v) is 7.25. The van der Waals surface area contributed by atoms with Crippen molar-refractivity contribution < 1.29 is 22.8 Å². The number of nitrogen functional groups attached to an aromatic ring is 1. The Morgan fingerprint density at radius 1 is 0.914 bits per heavy atom. The zero-order valence-electron chi connectivity index (χ0n) is 17.5. The normalized spacial score (nSPS) is 18.3. The second-order valence-corrected chi connectivity index (χ2v) is 10.3. The molecule has 1 aliphatic carbocycles. The van der Waals surface area contributed by atoms with E-state index in [2.05, 4.69) is 5.32 Å². The van der Waals surface area contributed by atoms with Crippen molar-refractivity contribution in [2.45, 2.75) is 16.7 Å². The van der Waals surface area contributed by atoms with Gasteiger partial charge < -0.3 is 11.1 Å². The Bertz CT molecular complexity index is 1370. The quantitative estimate of drug-likeness (QED) is 0.194. The Kier molecular flexibility index (Phi) is 6.99. The molecule has 0 unspecified atom stereocenters. The highest BCUT2D eigenvalue weighted by Crippen LogP contribution is 2.65. The number of rotatable bonds is 6. The predicted octanol–water partition coefficient (Wildman–Crippen LogP) is 6.94. The lowest BCUT2D eigenvalue weighted by Crippen LogP contribution is -2.17. The fourth-order valence-corrected chi connectivity index (χ4v) is 5.06. The molecule has 4 nitrogen and oxygen atoms in total. The Morgan fingerprint density at radius 2 is 1.63 bits per heavy atom. The van der Waals surface area contributed by atoms with Crippen molar-refractivity contribution in [3.63, 3.8) is 0 Å². The number of Topliss-reactive ketones (excluding diaryl/α,β-unsaturated/α-hetero) is 1. The summed E-state index contributed by atoms with van der Waals surface area (Å²) in [6.07, 6.45) is -0.483. The Labute approximate surface area is 218 Å². The monoisotopic (exact) mass is 560 g/mol. The van der Waals surface area contributed by atoms with Gasteiger partial charge in [-0.05, 0) is 47.5 Å². The fraction of sp³-hybridized carbons (Fsp3) is 0.167. The van der Waals surface area contributed by atoms with Gasteiger partial charge in [0.25, 0.3) is 0 Å². The molecule has 3 aromatic rings. The summed E-state index contributed by atoms with van der Waals surface area (Å²) in [5, 5.41) is 2.55. The lowest BCUT2D eigenvalue weighted by Gasteiger charge is -2.10. The number of carbonyl (C=O) groups excluding carboxylic acids is 2. The van der Waals surface area contributed by atoms with Crippen LogP contribution in [0.5, 0.6) is 0 Å². The SMILES string of the molecule is Nc1cc(F)c(CC(=O)c2cc(NC(=O)[C@H]3[C@H](c4ccc(F)c(Cl)c4)C3(Cl)Cl)ccc2Cl)cc1F. The number of hydrogen-bond donors (Lipinski definition) is 2. The van der Waals surface area contributed by atoms with Gasteiger partial charge >= 0.3 is 0 Å². The van der Waals surface area contributed by atoms with Gasteiger partial charge in [-0.1, -0.05) is 29.3 Å². The van der Waals surface area contributed by atoms with Crippen LogP contribution in [0.15, 0.2) is 48.5 Å². The summed E-state index contributed by atoms with van der Waals surface area (Å²) in [4.78, 5) is 25.7. The van der Waals surface area contributed by atoms with Crippen LogP contribution in [0.25, 0.3) is 0 Å². The third-order valence-electron chi connectivity index (χ3n) is 5.69. The standard InChI is InChI=1S/C24H15Cl4F3N2O2/c25-14-3-2-12(8-13(14)20(34)7-11-6-18(31)19(32)9-17(11)30)33-23(35)22-21(24(22,27)28)10-1-4-16(29)15(26)5-10/h1-6,8-9,21-22H,7,32H2,(H,33,35)/t21-,22+/m0/s1. The fourth-order valence-electron chi connectivity index (χ4n) is 3.82. The maximum atomic E-state index is 14.1. The van der Waals surface area contributed by atoms with E-state index in [0.29, 0.717) is 5.56 Å². The molecule has 4 rings (SSSR count). The van der Waals surface area contributed by atoms with Crippen molar-refractivity contribution in [2.75, 3.05) is 11.1 Å². The summed E-state index contributed by atoms with van der Waals surface area (Å²) < 4.78 is 39.9. The summed E-state index contributed by atoms with van der Waals surface area (Å²) in [5.74, 6) is -4.98. The van der Waals surface area contributed by atoms with Gasteiger partial charge in [0, 0.05) is 29.7 Å². The first-order valence-electron chi connectivity index (χ1n) is 10.1. The topological polar surface area (TPSA) is 72.2 Å². The highest BCUT2D eigenvalue weighted by Gasteiger charge is 2.67. The first-order valence-corrected chi connectivity index (χ1v) is 11.6.